The molecule has 0 aromatic heterocycles. The molecule has 1 nitrogen and oxygen atoms in total. The Kier molecular flexibility index (Phi) is 13.9. The third kappa shape index (κ3) is 7.93. The van der Waals surface area contributed by atoms with Crippen LogP contribution in [0.2, 0.25) is 0 Å². The van der Waals surface area contributed by atoms with Gasteiger partial charge in [-0.25, -0.2) is 8.78 Å². The van der Waals surface area contributed by atoms with Gasteiger partial charge in [-0.05, 0) is 55.6 Å². The number of hydrogen-bond donors (Lipinski definition) is 0. The lowest BCUT2D eigenvalue weighted by Gasteiger charge is -2.24. The SMILES string of the molecule is CC.CC.CCOC1=C(F)C(F)=C(C2=CC=C(C(C)CCC(C)C)CC2)CC1. The van der Waals surface area contributed by atoms with Crippen molar-refractivity contribution >= 4 is 0 Å². The van der Waals surface area contributed by atoms with Crippen molar-refractivity contribution in [1.29, 1.82) is 0 Å². The Morgan fingerprint density at radius 2 is 1.50 bits per heavy atom. The molecule has 0 bridgehead atoms. The molecule has 0 aromatic carbocycles. The van der Waals surface area contributed by atoms with Crippen LogP contribution in [-0.2, 0) is 4.74 Å². The van der Waals surface area contributed by atoms with Gasteiger partial charge in [-0.1, -0.05) is 72.6 Å². The molecule has 2 aliphatic rings. The second kappa shape index (κ2) is 14.6. The van der Waals surface area contributed by atoms with Crippen molar-refractivity contribution in [3.63, 3.8) is 0 Å². The van der Waals surface area contributed by atoms with Crippen LogP contribution in [0.1, 0.15) is 93.9 Å². The number of halogens is 2. The molecule has 28 heavy (non-hydrogen) atoms. The van der Waals surface area contributed by atoms with Crippen LogP contribution in [0.5, 0.6) is 0 Å². The zero-order chi connectivity index (χ0) is 21.7. The van der Waals surface area contributed by atoms with E-state index in [9.17, 15) is 8.78 Å². The molecule has 0 saturated heterocycles. The molecule has 2 rings (SSSR count). The third-order valence-corrected chi connectivity index (χ3v) is 5.00. The molecule has 0 aromatic rings. The van der Waals surface area contributed by atoms with Crippen LogP contribution in [0.4, 0.5) is 8.78 Å². The Morgan fingerprint density at radius 3 is 2.00 bits per heavy atom. The molecule has 2 aliphatic carbocycles. The van der Waals surface area contributed by atoms with Crippen LogP contribution in [0.3, 0.4) is 0 Å². The van der Waals surface area contributed by atoms with Crippen LogP contribution in [0, 0.1) is 11.8 Å². The van der Waals surface area contributed by atoms with E-state index in [1.807, 2.05) is 33.8 Å². The van der Waals surface area contributed by atoms with Crippen molar-refractivity contribution in [2.24, 2.45) is 11.8 Å². The number of rotatable bonds is 7. The van der Waals surface area contributed by atoms with E-state index in [-0.39, 0.29) is 5.76 Å². The van der Waals surface area contributed by atoms with Gasteiger partial charge in [0.1, 0.15) is 5.76 Å². The van der Waals surface area contributed by atoms with Crippen LogP contribution >= 0.6 is 0 Å². The Bertz CT molecular complexity index is 579. The smallest absolute Gasteiger partial charge is 0.196 e. The number of ether oxygens (including phenoxy) is 1. The molecule has 162 valence electrons. The highest BCUT2D eigenvalue weighted by molar-refractivity contribution is 5.46. The number of allylic oxidation sites excluding steroid dienone is 8. The zero-order valence-electron chi connectivity index (χ0n) is 19.4. The lowest BCUT2D eigenvalue weighted by molar-refractivity contribution is 0.202. The molecule has 0 fully saturated rings. The van der Waals surface area contributed by atoms with E-state index in [2.05, 4.69) is 26.8 Å². The van der Waals surface area contributed by atoms with Crippen molar-refractivity contribution < 1.29 is 13.5 Å². The van der Waals surface area contributed by atoms with Gasteiger partial charge in [0.25, 0.3) is 0 Å². The highest BCUT2D eigenvalue weighted by Gasteiger charge is 2.26. The molecular weight excluding hydrogens is 354 g/mol. The molecule has 0 aliphatic heterocycles. The van der Waals surface area contributed by atoms with Crippen molar-refractivity contribution in [3.8, 4) is 0 Å². The second-order valence-corrected chi connectivity index (χ2v) is 7.27. The van der Waals surface area contributed by atoms with Crippen LogP contribution in [-0.4, -0.2) is 6.61 Å². The first-order valence-electron chi connectivity index (χ1n) is 11.2. The van der Waals surface area contributed by atoms with Crippen molar-refractivity contribution in [1.82, 2.24) is 0 Å². The van der Waals surface area contributed by atoms with E-state index >= 15 is 0 Å². The highest BCUT2D eigenvalue weighted by atomic mass is 19.2. The summed E-state index contributed by atoms with van der Waals surface area (Å²) in [7, 11) is 0. The summed E-state index contributed by atoms with van der Waals surface area (Å²) in [5, 5.41) is 0. The molecule has 0 spiro atoms. The van der Waals surface area contributed by atoms with Gasteiger partial charge in [0.2, 0.25) is 0 Å². The summed E-state index contributed by atoms with van der Waals surface area (Å²) in [5.74, 6) is -0.0801. The quantitative estimate of drug-likeness (QED) is 0.417. The predicted molar refractivity (Wildman–Crippen MR) is 118 cm³/mol. The Balaban J connectivity index is 0.00000171. The highest BCUT2D eigenvalue weighted by Crippen LogP contribution is 2.39. The maximum Gasteiger partial charge on any atom is 0.196 e. The fourth-order valence-corrected chi connectivity index (χ4v) is 3.41. The van der Waals surface area contributed by atoms with E-state index < -0.39 is 11.7 Å². The zero-order valence-corrected chi connectivity index (χ0v) is 19.4. The maximum absolute atomic E-state index is 14.4. The third-order valence-electron chi connectivity index (χ3n) is 5.00. The Hall–Kier alpha value is -1.38. The van der Waals surface area contributed by atoms with Gasteiger partial charge in [-0.2, -0.15) is 0 Å². The van der Waals surface area contributed by atoms with Gasteiger partial charge in [0, 0.05) is 6.42 Å². The van der Waals surface area contributed by atoms with E-state index in [0.717, 1.165) is 24.3 Å². The average Bonchev–Trinajstić information content (AvgIpc) is 2.73. The minimum Gasteiger partial charge on any atom is -0.495 e. The maximum atomic E-state index is 14.4. The van der Waals surface area contributed by atoms with Crippen LogP contribution < -0.4 is 0 Å². The van der Waals surface area contributed by atoms with Gasteiger partial charge in [-0.15, -0.1) is 0 Å². The minimum absolute atomic E-state index is 0.161. The summed E-state index contributed by atoms with van der Waals surface area (Å²) >= 11 is 0. The Morgan fingerprint density at radius 1 is 0.857 bits per heavy atom. The summed E-state index contributed by atoms with van der Waals surface area (Å²) in [4.78, 5) is 0. The molecule has 0 radical (unpaired) electrons. The van der Waals surface area contributed by atoms with E-state index in [4.69, 9.17) is 4.74 Å². The summed E-state index contributed by atoms with van der Waals surface area (Å²) in [6, 6.07) is 0. The van der Waals surface area contributed by atoms with Crippen molar-refractivity contribution in [2.45, 2.75) is 93.9 Å². The first-order valence-corrected chi connectivity index (χ1v) is 11.2. The Labute approximate surface area is 172 Å². The van der Waals surface area contributed by atoms with Gasteiger partial charge in [0.05, 0.1) is 6.61 Å². The normalized spacial score (nSPS) is 17.8. The van der Waals surface area contributed by atoms with Crippen molar-refractivity contribution in [2.75, 3.05) is 6.61 Å². The number of hydrogen-bond acceptors (Lipinski definition) is 1. The molecule has 0 amide bonds. The molecular formula is C25H42F2O. The first kappa shape index (κ1) is 26.6. The fourth-order valence-electron chi connectivity index (χ4n) is 3.41. The molecule has 1 atom stereocenters. The lowest BCUT2D eigenvalue weighted by Crippen LogP contribution is -2.09. The van der Waals surface area contributed by atoms with Gasteiger partial charge >= 0.3 is 0 Å². The molecule has 3 heteroatoms. The first-order chi connectivity index (χ1) is 13.4. The summed E-state index contributed by atoms with van der Waals surface area (Å²) in [6.45, 7) is 16.9. The summed E-state index contributed by atoms with van der Waals surface area (Å²) in [5.41, 5.74) is 2.90. The molecule has 0 saturated carbocycles. The fraction of sp³-hybridized carbons (Fsp3) is 0.680. The van der Waals surface area contributed by atoms with E-state index in [0.29, 0.717) is 30.9 Å². The summed E-state index contributed by atoms with van der Waals surface area (Å²) in [6.07, 6.45) is 9.27. The lowest BCUT2D eigenvalue weighted by atomic mass is 9.83. The van der Waals surface area contributed by atoms with Gasteiger partial charge < -0.3 is 4.74 Å². The summed E-state index contributed by atoms with van der Waals surface area (Å²) < 4.78 is 33.7. The largest absolute Gasteiger partial charge is 0.495 e. The van der Waals surface area contributed by atoms with Crippen LogP contribution in [0.25, 0.3) is 0 Å². The molecule has 1 unspecified atom stereocenters. The topological polar surface area (TPSA) is 9.23 Å². The molecule has 0 heterocycles. The standard InChI is InChI=1S/C21H30F2O.2C2H6/c1-5-24-19-13-12-18(20(22)21(19)23)17-10-8-16(9-11-17)15(4)7-6-14(2)3;2*1-2/h8,10,14-15H,5-7,9,11-13H2,1-4H3;2*1-2H3. The average molecular weight is 397 g/mol. The van der Waals surface area contributed by atoms with Gasteiger partial charge in [0.15, 0.2) is 11.7 Å². The van der Waals surface area contributed by atoms with Crippen molar-refractivity contribution in [3.05, 3.63) is 46.3 Å². The van der Waals surface area contributed by atoms with E-state index in [1.165, 1.54) is 18.4 Å². The molecule has 0 N–H and O–H groups in total. The monoisotopic (exact) mass is 396 g/mol. The second-order valence-electron chi connectivity index (χ2n) is 7.27. The van der Waals surface area contributed by atoms with E-state index in [1.54, 1.807) is 6.92 Å². The van der Waals surface area contributed by atoms with Crippen LogP contribution in [0.15, 0.2) is 46.3 Å². The predicted octanol–water partition coefficient (Wildman–Crippen LogP) is 8.99. The minimum atomic E-state index is -0.806. The van der Waals surface area contributed by atoms with Gasteiger partial charge in [-0.3, -0.25) is 0 Å².